The van der Waals surface area contributed by atoms with E-state index in [-0.39, 0.29) is 5.41 Å². The van der Waals surface area contributed by atoms with Crippen molar-refractivity contribution in [3.63, 3.8) is 0 Å². The van der Waals surface area contributed by atoms with Crippen molar-refractivity contribution in [2.24, 2.45) is 0 Å². The van der Waals surface area contributed by atoms with Crippen LogP contribution in [0.3, 0.4) is 0 Å². The molecule has 9 aromatic rings. The standard InChI is InChI=1S/C57H41N5/c1-58-48-30-31-51-50(36-48)53-49(16-9-17-52(53)57(51)32-6-3-7-33-57)46-14-8-13-45(35-46)40-20-18-38(19-21-40)39-22-26-43(27-23-39)55-60-54(42-11-4-2-5-12-42)61-56(62-55)44-28-24-41(25-29-44)47-15-10-34-59-37-47/h2,4-5,8-31,34-37H,3,6-7,32-33H2. The molecule has 62 heavy (non-hydrogen) atoms. The second-order valence-electron chi connectivity index (χ2n) is 16.4. The molecule has 0 aliphatic heterocycles. The van der Waals surface area contributed by atoms with Crippen LogP contribution >= 0.6 is 0 Å². The minimum absolute atomic E-state index is 0.0405. The van der Waals surface area contributed by atoms with E-state index >= 15 is 0 Å². The monoisotopic (exact) mass is 795 g/mol. The molecule has 0 amide bonds. The number of nitrogens with zero attached hydrogens (tertiary/aromatic N) is 5. The summed E-state index contributed by atoms with van der Waals surface area (Å²) in [6.45, 7) is 7.79. The molecule has 0 N–H and O–H groups in total. The Morgan fingerprint density at radius 1 is 0.403 bits per heavy atom. The van der Waals surface area contributed by atoms with Crippen LogP contribution in [0, 0.1) is 6.57 Å². The minimum atomic E-state index is 0.0405. The van der Waals surface area contributed by atoms with Gasteiger partial charge in [0, 0.05) is 34.5 Å². The first-order valence-electron chi connectivity index (χ1n) is 21.4. The van der Waals surface area contributed by atoms with Crippen molar-refractivity contribution in [2.75, 3.05) is 0 Å². The predicted octanol–water partition coefficient (Wildman–Crippen LogP) is 14.7. The molecule has 2 aliphatic carbocycles. The van der Waals surface area contributed by atoms with Gasteiger partial charge in [0.15, 0.2) is 23.2 Å². The molecule has 2 aromatic heterocycles. The summed E-state index contributed by atoms with van der Waals surface area (Å²) in [6.07, 6.45) is 9.76. The van der Waals surface area contributed by atoms with Crippen LogP contribution in [0.15, 0.2) is 188 Å². The van der Waals surface area contributed by atoms with E-state index in [4.69, 9.17) is 21.5 Å². The van der Waals surface area contributed by atoms with Crippen LogP contribution in [-0.4, -0.2) is 19.9 Å². The molecule has 7 aromatic carbocycles. The van der Waals surface area contributed by atoms with Crippen LogP contribution in [0.1, 0.15) is 43.2 Å². The molecule has 1 fully saturated rings. The van der Waals surface area contributed by atoms with Crippen LogP contribution in [-0.2, 0) is 5.41 Å². The summed E-state index contributed by atoms with van der Waals surface area (Å²) in [5.41, 5.74) is 18.1. The second-order valence-corrected chi connectivity index (χ2v) is 16.4. The Kier molecular flexibility index (Phi) is 9.40. The lowest BCUT2D eigenvalue weighted by Gasteiger charge is -2.36. The minimum Gasteiger partial charge on any atom is -0.264 e. The Morgan fingerprint density at radius 2 is 0.935 bits per heavy atom. The maximum Gasteiger partial charge on any atom is 0.187 e. The van der Waals surface area contributed by atoms with E-state index < -0.39 is 0 Å². The van der Waals surface area contributed by atoms with E-state index in [2.05, 4.69) is 143 Å². The highest BCUT2D eigenvalue weighted by molar-refractivity contribution is 5.94. The van der Waals surface area contributed by atoms with Gasteiger partial charge in [-0.2, -0.15) is 0 Å². The second kappa shape index (κ2) is 15.7. The number of benzene rings is 7. The van der Waals surface area contributed by atoms with Gasteiger partial charge >= 0.3 is 0 Å². The van der Waals surface area contributed by atoms with Crippen molar-refractivity contribution in [1.29, 1.82) is 0 Å². The van der Waals surface area contributed by atoms with Crippen LogP contribution in [0.4, 0.5) is 5.69 Å². The first-order chi connectivity index (χ1) is 30.6. The van der Waals surface area contributed by atoms with Gasteiger partial charge in [-0.1, -0.05) is 177 Å². The highest BCUT2D eigenvalue weighted by Crippen LogP contribution is 2.58. The quantitative estimate of drug-likeness (QED) is 0.151. The number of hydrogen-bond donors (Lipinski definition) is 0. The van der Waals surface area contributed by atoms with Gasteiger partial charge < -0.3 is 0 Å². The number of hydrogen-bond acceptors (Lipinski definition) is 4. The molecule has 5 nitrogen and oxygen atoms in total. The van der Waals surface area contributed by atoms with E-state index in [0.29, 0.717) is 23.2 Å². The first kappa shape index (κ1) is 37.2. The third-order valence-corrected chi connectivity index (χ3v) is 12.9. The van der Waals surface area contributed by atoms with Gasteiger partial charge in [-0.3, -0.25) is 4.98 Å². The number of fused-ring (bicyclic) bond motifs is 5. The van der Waals surface area contributed by atoms with E-state index in [1.54, 1.807) is 6.20 Å². The van der Waals surface area contributed by atoms with Crippen molar-refractivity contribution >= 4 is 5.69 Å². The van der Waals surface area contributed by atoms with Crippen LogP contribution in [0.25, 0.3) is 94.6 Å². The van der Waals surface area contributed by atoms with Crippen LogP contribution < -0.4 is 0 Å². The van der Waals surface area contributed by atoms with Crippen molar-refractivity contribution in [2.45, 2.75) is 37.5 Å². The Bertz CT molecular complexity index is 3130. The first-order valence-corrected chi connectivity index (χ1v) is 21.4. The van der Waals surface area contributed by atoms with Crippen LogP contribution in [0.2, 0.25) is 0 Å². The Labute approximate surface area is 362 Å². The zero-order chi connectivity index (χ0) is 41.5. The molecular weight excluding hydrogens is 755 g/mol. The average molecular weight is 796 g/mol. The van der Waals surface area contributed by atoms with E-state index in [0.717, 1.165) is 38.9 Å². The molecule has 0 bridgehead atoms. The number of pyridine rings is 1. The van der Waals surface area contributed by atoms with Gasteiger partial charge in [0.25, 0.3) is 0 Å². The average Bonchev–Trinajstić information content (AvgIpc) is 3.62. The predicted molar refractivity (Wildman–Crippen MR) is 251 cm³/mol. The van der Waals surface area contributed by atoms with Crippen LogP contribution in [0.5, 0.6) is 0 Å². The Morgan fingerprint density at radius 3 is 1.55 bits per heavy atom. The van der Waals surface area contributed by atoms with Gasteiger partial charge in [0.05, 0.1) is 6.57 Å². The van der Waals surface area contributed by atoms with Gasteiger partial charge in [0.1, 0.15) is 0 Å². The largest absolute Gasteiger partial charge is 0.264 e. The number of rotatable bonds is 7. The van der Waals surface area contributed by atoms with Gasteiger partial charge in [-0.05, 0) is 97.8 Å². The van der Waals surface area contributed by atoms with Crippen molar-refractivity contribution in [1.82, 2.24) is 19.9 Å². The highest BCUT2D eigenvalue weighted by atomic mass is 15.0. The molecule has 0 saturated heterocycles. The molecule has 2 heterocycles. The molecule has 11 rings (SSSR count). The Hall–Kier alpha value is -7.81. The Balaban J connectivity index is 0.884. The SMILES string of the molecule is [C-]#[N+]c1ccc2c(c1)-c1c(-c3cccc(-c4ccc(-c5ccc(-c6nc(-c7ccccc7)nc(-c7ccc(-c8cccnc8)cc7)n6)cc5)cc4)c3)cccc1C21CCCCC1. The summed E-state index contributed by atoms with van der Waals surface area (Å²) in [6, 6.07) is 61.9. The third-order valence-electron chi connectivity index (χ3n) is 12.9. The lowest BCUT2D eigenvalue weighted by atomic mass is 9.67. The summed E-state index contributed by atoms with van der Waals surface area (Å²) in [5.74, 6) is 1.88. The summed E-state index contributed by atoms with van der Waals surface area (Å²) >= 11 is 0. The van der Waals surface area contributed by atoms with E-state index in [1.807, 2.05) is 48.7 Å². The zero-order valence-electron chi connectivity index (χ0n) is 34.2. The molecule has 0 unspecified atom stereocenters. The van der Waals surface area contributed by atoms with E-state index in [9.17, 15) is 0 Å². The summed E-state index contributed by atoms with van der Waals surface area (Å²) in [5, 5.41) is 0. The molecule has 5 heteroatoms. The topological polar surface area (TPSA) is 55.9 Å². The zero-order valence-corrected chi connectivity index (χ0v) is 34.2. The molecule has 0 radical (unpaired) electrons. The normalized spacial score (nSPS) is 13.6. The van der Waals surface area contributed by atoms with E-state index in [1.165, 1.54) is 76.6 Å². The fraction of sp³-hybridized carbons (Fsp3) is 0.105. The molecule has 2 aliphatic rings. The maximum absolute atomic E-state index is 7.79. The fourth-order valence-electron chi connectivity index (χ4n) is 9.78. The van der Waals surface area contributed by atoms with Gasteiger partial charge in [0.2, 0.25) is 0 Å². The molecule has 1 saturated carbocycles. The summed E-state index contributed by atoms with van der Waals surface area (Å²) in [7, 11) is 0. The van der Waals surface area contributed by atoms with Crippen molar-refractivity contribution in [3.05, 3.63) is 211 Å². The van der Waals surface area contributed by atoms with Gasteiger partial charge in [-0.15, -0.1) is 0 Å². The third kappa shape index (κ3) is 6.67. The lowest BCUT2D eigenvalue weighted by Crippen LogP contribution is -2.27. The summed E-state index contributed by atoms with van der Waals surface area (Å²) in [4.78, 5) is 23.0. The lowest BCUT2D eigenvalue weighted by molar-refractivity contribution is 0.353. The molecule has 1 spiro atoms. The smallest absolute Gasteiger partial charge is 0.187 e. The molecule has 0 atom stereocenters. The fourth-order valence-corrected chi connectivity index (χ4v) is 9.78. The highest BCUT2D eigenvalue weighted by Gasteiger charge is 2.44. The summed E-state index contributed by atoms with van der Waals surface area (Å²) < 4.78 is 0. The van der Waals surface area contributed by atoms with Crippen molar-refractivity contribution < 1.29 is 0 Å². The molecule has 294 valence electrons. The van der Waals surface area contributed by atoms with Crippen molar-refractivity contribution in [3.8, 4) is 89.8 Å². The number of aromatic nitrogens is 4. The van der Waals surface area contributed by atoms with Gasteiger partial charge in [-0.25, -0.2) is 19.8 Å². The molecular formula is C57H41N5. The maximum atomic E-state index is 7.79.